The van der Waals surface area contributed by atoms with Crippen LogP contribution in [0.15, 0.2) is 48.5 Å². The Balaban J connectivity index is 2.02. The number of aliphatic hydroxyl groups excluding tert-OH is 1. The molecule has 2 N–H and O–H groups in total. The monoisotopic (exact) mass is 291 g/mol. The zero-order valence-corrected chi connectivity index (χ0v) is 11.9. The van der Waals surface area contributed by atoms with E-state index in [0.29, 0.717) is 12.0 Å². The Hall–Kier alpha value is -1.78. The molecule has 0 radical (unpaired) electrons. The molecule has 0 saturated carbocycles. The van der Waals surface area contributed by atoms with Crippen molar-refractivity contribution in [3.8, 4) is 0 Å². The average Bonchev–Trinajstić information content (AvgIpc) is 2.50. The van der Waals surface area contributed by atoms with Crippen LogP contribution in [0.25, 0.3) is 0 Å². The minimum Gasteiger partial charge on any atom is -0.395 e. The van der Waals surface area contributed by atoms with Gasteiger partial charge in [-0.05, 0) is 36.6 Å². The Morgan fingerprint density at radius 2 is 1.76 bits per heavy atom. The van der Waals surface area contributed by atoms with Crippen molar-refractivity contribution in [1.82, 2.24) is 5.32 Å². The molecule has 4 heteroatoms. The first kappa shape index (κ1) is 15.6. The fourth-order valence-corrected chi connectivity index (χ4v) is 2.31. The normalized spacial score (nSPS) is 13.9. The van der Waals surface area contributed by atoms with Crippen molar-refractivity contribution in [1.29, 1.82) is 0 Å². The number of halogens is 2. The number of benzene rings is 2. The van der Waals surface area contributed by atoms with E-state index in [1.165, 1.54) is 6.07 Å². The van der Waals surface area contributed by atoms with Crippen LogP contribution in [0.2, 0.25) is 0 Å². The van der Waals surface area contributed by atoms with Crippen molar-refractivity contribution in [3.05, 3.63) is 71.3 Å². The molecule has 2 rings (SSSR count). The molecule has 0 bridgehead atoms. The highest BCUT2D eigenvalue weighted by Crippen LogP contribution is 2.17. The van der Waals surface area contributed by atoms with Gasteiger partial charge < -0.3 is 10.4 Å². The van der Waals surface area contributed by atoms with E-state index in [9.17, 15) is 13.9 Å². The summed E-state index contributed by atoms with van der Waals surface area (Å²) < 4.78 is 26.2. The van der Waals surface area contributed by atoms with Crippen LogP contribution in [0.4, 0.5) is 8.78 Å². The number of rotatable bonds is 6. The zero-order chi connectivity index (χ0) is 15.2. The molecule has 0 aliphatic rings. The van der Waals surface area contributed by atoms with Crippen LogP contribution in [0.1, 0.15) is 24.1 Å². The second kappa shape index (κ2) is 7.29. The molecule has 0 spiro atoms. The lowest BCUT2D eigenvalue weighted by Gasteiger charge is -2.22. The Morgan fingerprint density at radius 1 is 1.05 bits per heavy atom. The fraction of sp³-hybridized carbons (Fsp3) is 0.294. The topological polar surface area (TPSA) is 32.3 Å². The van der Waals surface area contributed by atoms with Crippen LogP contribution in [-0.2, 0) is 6.42 Å². The molecule has 2 nitrogen and oxygen atoms in total. The smallest absolute Gasteiger partial charge is 0.159 e. The molecule has 0 saturated heterocycles. The van der Waals surface area contributed by atoms with E-state index in [0.717, 1.165) is 11.6 Å². The quantitative estimate of drug-likeness (QED) is 0.856. The summed E-state index contributed by atoms with van der Waals surface area (Å²) in [6.07, 6.45) is 0.672. The summed E-state index contributed by atoms with van der Waals surface area (Å²) >= 11 is 0. The Bertz CT molecular complexity index is 574. The molecule has 0 aliphatic carbocycles. The minimum atomic E-state index is -0.857. The van der Waals surface area contributed by atoms with E-state index in [4.69, 9.17) is 0 Å². The number of hydrogen-bond donors (Lipinski definition) is 2. The molecule has 0 amide bonds. The standard InChI is InChI=1S/C17H19F2NO/c1-12(14-7-8-16(18)17(19)10-14)20-15(11-21)9-13-5-3-2-4-6-13/h2-8,10,12,15,20-21H,9,11H2,1H3/t12?,15-/m0/s1. The van der Waals surface area contributed by atoms with Gasteiger partial charge in [-0.3, -0.25) is 0 Å². The van der Waals surface area contributed by atoms with Gasteiger partial charge >= 0.3 is 0 Å². The molecule has 0 heterocycles. The molecule has 2 atom stereocenters. The first-order valence-corrected chi connectivity index (χ1v) is 6.96. The van der Waals surface area contributed by atoms with Crippen molar-refractivity contribution in [2.45, 2.75) is 25.4 Å². The second-order valence-electron chi connectivity index (χ2n) is 5.13. The fourth-order valence-electron chi connectivity index (χ4n) is 2.31. The lowest BCUT2D eigenvalue weighted by atomic mass is 10.0. The van der Waals surface area contributed by atoms with Gasteiger partial charge in [-0.25, -0.2) is 8.78 Å². The number of nitrogens with one attached hydrogen (secondary N) is 1. The van der Waals surface area contributed by atoms with Crippen LogP contribution in [-0.4, -0.2) is 17.8 Å². The van der Waals surface area contributed by atoms with Crippen LogP contribution in [0.5, 0.6) is 0 Å². The first-order valence-electron chi connectivity index (χ1n) is 6.96. The summed E-state index contributed by atoms with van der Waals surface area (Å²) in [4.78, 5) is 0. The van der Waals surface area contributed by atoms with Gasteiger partial charge in [-0.2, -0.15) is 0 Å². The summed E-state index contributed by atoms with van der Waals surface area (Å²) in [6.45, 7) is 1.84. The van der Waals surface area contributed by atoms with E-state index in [-0.39, 0.29) is 18.7 Å². The lowest BCUT2D eigenvalue weighted by molar-refractivity contribution is 0.232. The van der Waals surface area contributed by atoms with Crippen LogP contribution < -0.4 is 5.32 Å². The molecule has 0 fully saturated rings. The largest absolute Gasteiger partial charge is 0.395 e. The Labute approximate surface area is 123 Å². The van der Waals surface area contributed by atoms with E-state index in [1.807, 2.05) is 37.3 Å². The van der Waals surface area contributed by atoms with Gasteiger partial charge in [0.1, 0.15) is 0 Å². The maximum absolute atomic E-state index is 13.3. The van der Waals surface area contributed by atoms with E-state index in [1.54, 1.807) is 6.07 Å². The van der Waals surface area contributed by atoms with Crippen molar-refractivity contribution < 1.29 is 13.9 Å². The predicted molar refractivity (Wildman–Crippen MR) is 78.9 cm³/mol. The van der Waals surface area contributed by atoms with Gasteiger partial charge in [0.25, 0.3) is 0 Å². The van der Waals surface area contributed by atoms with Gasteiger partial charge in [0.15, 0.2) is 11.6 Å². The van der Waals surface area contributed by atoms with Gasteiger partial charge in [-0.15, -0.1) is 0 Å². The third-order valence-electron chi connectivity index (χ3n) is 3.47. The average molecular weight is 291 g/mol. The van der Waals surface area contributed by atoms with Gasteiger partial charge in [0, 0.05) is 12.1 Å². The molecule has 2 aromatic rings. The number of aliphatic hydroxyl groups is 1. The summed E-state index contributed by atoms with van der Waals surface area (Å²) in [5.41, 5.74) is 1.77. The highest BCUT2D eigenvalue weighted by Gasteiger charge is 2.14. The Kier molecular flexibility index (Phi) is 5.42. The molecule has 2 aromatic carbocycles. The Morgan fingerprint density at radius 3 is 2.38 bits per heavy atom. The summed E-state index contributed by atoms with van der Waals surface area (Å²) in [5, 5.41) is 12.7. The molecule has 0 aliphatic heterocycles. The second-order valence-corrected chi connectivity index (χ2v) is 5.13. The maximum Gasteiger partial charge on any atom is 0.159 e. The molecular formula is C17H19F2NO. The summed E-state index contributed by atoms with van der Waals surface area (Å²) in [5.74, 6) is -1.71. The molecule has 21 heavy (non-hydrogen) atoms. The van der Waals surface area contributed by atoms with Crippen molar-refractivity contribution in [3.63, 3.8) is 0 Å². The van der Waals surface area contributed by atoms with E-state index in [2.05, 4.69) is 5.32 Å². The number of hydrogen-bond acceptors (Lipinski definition) is 2. The summed E-state index contributed by atoms with van der Waals surface area (Å²) in [7, 11) is 0. The van der Waals surface area contributed by atoms with Crippen molar-refractivity contribution in [2.24, 2.45) is 0 Å². The van der Waals surface area contributed by atoms with Gasteiger partial charge in [-0.1, -0.05) is 36.4 Å². The zero-order valence-electron chi connectivity index (χ0n) is 11.9. The van der Waals surface area contributed by atoms with Crippen LogP contribution in [0, 0.1) is 11.6 Å². The molecule has 0 aromatic heterocycles. The van der Waals surface area contributed by atoms with Crippen LogP contribution in [0.3, 0.4) is 0 Å². The van der Waals surface area contributed by atoms with Crippen LogP contribution >= 0.6 is 0 Å². The first-order chi connectivity index (χ1) is 10.1. The van der Waals surface area contributed by atoms with Gasteiger partial charge in [0.2, 0.25) is 0 Å². The highest BCUT2D eigenvalue weighted by atomic mass is 19.2. The third-order valence-corrected chi connectivity index (χ3v) is 3.47. The van der Waals surface area contributed by atoms with E-state index < -0.39 is 11.6 Å². The molecule has 112 valence electrons. The molecular weight excluding hydrogens is 272 g/mol. The van der Waals surface area contributed by atoms with Crippen molar-refractivity contribution >= 4 is 0 Å². The minimum absolute atomic E-state index is 0.0249. The third kappa shape index (κ3) is 4.34. The highest BCUT2D eigenvalue weighted by molar-refractivity contribution is 5.21. The maximum atomic E-state index is 13.3. The van der Waals surface area contributed by atoms with Gasteiger partial charge in [0.05, 0.1) is 6.61 Å². The SMILES string of the molecule is CC(N[C@H](CO)Cc1ccccc1)c1ccc(F)c(F)c1. The predicted octanol–water partition coefficient (Wildman–Crippen LogP) is 3.22. The van der Waals surface area contributed by atoms with Crippen molar-refractivity contribution in [2.75, 3.05) is 6.61 Å². The lowest BCUT2D eigenvalue weighted by Crippen LogP contribution is -2.36. The van der Waals surface area contributed by atoms with E-state index >= 15 is 0 Å². The molecule has 1 unspecified atom stereocenters. The summed E-state index contributed by atoms with van der Waals surface area (Å²) in [6, 6.07) is 13.3.